The number of nitrogens with one attached hydrogen (secondary N) is 1. The summed E-state index contributed by atoms with van der Waals surface area (Å²) in [5.74, 6) is -3.28. The van der Waals surface area contributed by atoms with Crippen LogP contribution in [-0.4, -0.2) is 77.1 Å². The van der Waals surface area contributed by atoms with Crippen LogP contribution < -0.4 is 5.32 Å². The van der Waals surface area contributed by atoms with E-state index in [1.165, 1.54) is 9.80 Å². The lowest BCUT2D eigenvalue weighted by molar-refractivity contribution is -0.156. The van der Waals surface area contributed by atoms with Crippen LogP contribution in [0, 0.1) is 12.0 Å². The highest BCUT2D eigenvalue weighted by molar-refractivity contribution is 6.35. The van der Waals surface area contributed by atoms with E-state index in [1.54, 1.807) is 45.0 Å². The van der Waals surface area contributed by atoms with Gasteiger partial charge in [0.05, 0.1) is 6.42 Å². The van der Waals surface area contributed by atoms with Gasteiger partial charge in [-0.1, -0.05) is 39.0 Å². The second-order valence-corrected chi connectivity index (χ2v) is 11.2. The fraction of sp³-hybridized carbons (Fsp3) is 0.593. The molecule has 9 nitrogen and oxygen atoms in total. The number of carbonyl (C=O) groups excluding carboxylic acids is 4. The highest BCUT2D eigenvalue weighted by Crippen LogP contribution is 2.47. The first-order valence-corrected chi connectivity index (χ1v) is 12.4. The van der Waals surface area contributed by atoms with Crippen molar-refractivity contribution in [2.75, 3.05) is 31.9 Å². The first kappa shape index (κ1) is 21.8. The van der Waals surface area contributed by atoms with Gasteiger partial charge in [-0.15, -0.1) is 0 Å². The summed E-state index contributed by atoms with van der Waals surface area (Å²) in [6.45, 7) is 10.7. The summed E-state index contributed by atoms with van der Waals surface area (Å²) in [5.41, 5.74) is -0.485. The SMILES string of the molecule is [2H]C([2H])([2H])N(C(=O)C(=O)N1CCCCC1)[C@@H](CC(C)(C)C)C(=O)N1C[C@]2(C[C@H]1[N+]#[C-])C(=O)Nc1ccccc12. The van der Waals surface area contributed by atoms with Crippen LogP contribution in [0.15, 0.2) is 24.3 Å². The van der Waals surface area contributed by atoms with E-state index >= 15 is 0 Å². The number of amides is 4. The number of hydrogen-bond donors (Lipinski definition) is 1. The zero-order chi connectivity index (χ0) is 28.8. The first-order valence-electron chi connectivity index (χ1n) is 13.9. The van der Waals surface area contributed by atoms with Crippen LogP contribution >= 0.6 is 0 Å². The van der Waals surface area contributed by atoms with Crippen LogP contribution in [0.2, 0.25) is 0 Å². The van der Waals surface area contributed by atoms with Crippen molar-refractivity contribution in [1.29, 1.82) is 0 Å². The first-order chi connectivity index (χ1) is 18.2. The lowest BCUT2D eigenvalue weighted by Crippen LogP contribution is -2.55. The summed E-state index contributed by atoms with van der Waals surface area (Å²) in [5, 5.41) is 2.83. The zero-order valence-electron chi connectivity index (χ0n) is 24.0. The molecule has 0 bridgehead atoms. The van der Waals surface area contributed by atoms with Crippen molar-refractivity contribution in [1.82, 2.24) is 14.7 Å². The van der Waals surface area contributed by atoms with Gasteiger partial charge in [-0.25, -0.2) is 6.57 Å². The van der Waals surface area contributed by atoms with E-state index in [9.17, 15) is 19.2 Å². The maximum absolute atomic E-state index is 14.2. The van der Waals surface area contributed by atoms with Gasteiger partial charge < -0.3 is 15.1 Å². The van der Waals surface area contributed by atoms with E-state index in [0.29, 0.717) is 42.1 Å². The Morgan fingerprint density at radius 2 is 1.94 bits per heavy atom. The Balaban J connectivity index is 1.72. The molecule has 4 amide bonds. The largest absolute Gasteiger partial charge is 0.334 e. The van der Waals surface area contributed by atoms with Gasteiger partial charge in [0.2, 0.25) is 5.91 Å². The Bertz CT molecular complexity index is 1210. The third kappa shape index (κ3) is 4.57. The number of nitrogens with zero attached hydrogens (tertiary/aromatic N) is 4. The summed E-state index contributed by atoms with van der Waals surface area (Å²) in [7, 11) is 0. The monoisotopic (exact) mass is 496 g/mol. The van der Waals surface area contributed by atoms with Gasteiger partial charge in [0, 0.05) is 36.4 Å². The van der Waals surface area contributed by atoms with E-state index in [2.05, 4.69) is 10.2 Å². The van der Waals surface area contributed by atoms with Crippen molar-refractivity contribution in [3.8, 4) is 0 Å². The normalized spacial score (nSPS) is 25.8. The highest BCUT2D eigenvalue weighted by Gasteiger charge is 2.59. The quantitative estimate of drug-likeness (QED) is 0.514. The van der Waals surface area contributed by atoms with Crippen LogP contribution in [0.25, 0.3) is 4.85 Å². The van der Waals surface area contributed by atoms with Gasteiger partial charge in [-0.3, -0.25) is 28.9 Å². The minimum atomic E-state index is -3.09. The molecule has 0 aliphatic carbocycles. The van der Waals surface area contributed by atoms with Crippen molar-refractivity contribution in [2.45, 2.75) is 70.5 Å². The molecule has 0 aromatic heterocycles. The second-order valence-electron chi connectivity index (χ2n) is 11.2. The summed E-state index contributed by atoms with van der Waals surface area (Å²) in [6.07, 6.45) is 1.29. The predicted molar refractivity (Wildman–Crippen MR) is 135 cm³/mol. The number of para-hydroxylation sites is 1. The van der Waals surface area contributed by atoms with Crippen molar-refractivity contribution in [3.05, 3.63) is 41.2 Å². The Morgan fingerprint density at radius 1 is 1.25 bits per heavy atom. The third-order valence-electron chi connectivity index (χ3n) is 7.34. The summed E-state index contributed by atoms with van der Waals surface area (Å²) in [4.78, 5) is 60.7. The van der Waals surface area contributed by atoms with E-state index < -0.39 is 47.7 Å². The van der Waals surface area contributed by atoms with Crippen molar-refractivity contribution < 1.29 is 23.3 Å². The highest BCUT2D eigenvalue weighted by atomic mass is 16.2. The van der Waals surface area contributed by atoms with Gasteiger partial charge in [-0.05, 0) is 42.7 Å². The topological polar surface area (TPSA) is 94.4 Å². The second kappa shape index (κ2) is 9.57. The number of likely N-dealkylation sites (N-methyl/N-ethyl adjacent to an activating group) is 1. The Labute approximate surface area is 216 Å². The lowest BCUT2D eigenvalue weighted by atomic mass is 9.80. The number of rotatable bonds is 3. The molecule has 3 aliphatic heterocycles. The van der Waals surface area contributed by atoms with Crippen molar-refractivity contribution in [3.63, 3.8) is 0 Å². The average molecular weight is 497 g/mol. The van der Waals surface area contributed by atoms with Gasteiger partial charge in [0.15, 0.2) is 0 Å². The van der Waals surface area contributed by atoms with E-state index in [1.807, 2.05) is 0 Å². The van der Waals surface area contributed by atoms with E-state index in [4.69, 9.17) is 10.7 Å². The van der Waals surface area contributed by atoms with Crippen LogP contribution in [0.3, 0.4) is 0 Å². The summed E-state index contributed by atoms with van der Waals surface area (Å²) in [6, 6.07) is 5.56. The standard InChI is InChI=1S/C27H35N5O4/c1-26(2,3)15-20(30(5)23(34)24(35)31-13-9-6-10-14-31)22(33)32-17-27(16-21(32)28-4)18-11-7-8-12-19(18)29-25(27)36/h7-8,11-12,20-21H,6,9-10,13-17H2,1-3,5H3,(H,29,36)/t20-,21-,27-/m0/s1/i5D3. The number of fused-ring (bicyclic) bond motifs is 2. The predicted octanol–water partition coefficient (Wildman–Crippen LogP) is 2.63. The van der Waals surface area contributed by atoms with Crippen molar-refractivity contribution >= 4 is 29.3 Å². The van der Waals surface area contributed by atoms with Gasteiger partial charge in [0.1, 0.15) is 11.5 Å². The molecule has 192 valence electrons. The molecule has 0 radical (unpaired) electrons. The van der Waals surface area contributed by atoms with Crippen molar-refractivity contribution in [2.24, 2.45) is 5.41 Å². The molecular formula is C27H35N5O4. The Hall–Kier alpha value is -3.41. The van der Waals surface area contributed by atoms with E-state index in [0.717, 1.165) is 6.42 Å². The van der Waals surface area contributed by atoms with Crippen LogP contribution in [-0.2, 0) is 24.6 Å². The molecule has 36 heavy (non-hydrogen) atoms. The maximum atomic E-state index is 14.2. The molecule has 1 spiro atoms. The van der Waals surface area contributed by atoms with Gasteiger partial charge >= 0.3 is 18.0 Å². The van der Waals surface area contributed by atoms with Crippen LogP contribution in [0.5, 0.6) is 0 Å². The molecule has 0 unspecified atom stereocenters. The van der Waals surface area contributed by atoms with Crippen LogP contribution in [0.1, 0.15) is 62.6 Å². The molecule has 3 aliphatic rings. The molecule has 1 aromatic rings. The number of benzene rings is 1. The Kier molecular flexibility index (Phi) is 5.80. The number of likely N-dealkylation sites (tertiary alicyclic amines) is 2. The number of hydrogen-bond acceptors (Lipinski definition) is 4. The molecule has 2 fully saturated rings. The van der Waals surface area contributed by atoms with E-state index in [-0.39, 0.29) is 25.3 Å². The molecule has 9 heteroatoms. The zero-order valence-corrected chi connectivity index (χ0v) is 21.0. The molecule has 0 saturated carbocycles. The fourth-order valence-electron chi connectivity index (χ4n) is 5.49. The molecule has 3 atom stereocenters. The molecule has 2 saturated heterocycles. The minimum absolute atomic E-state index is 0.0434. The third-order valence-corrected chi connectivity index (χ3v) is 7.34. The molecule has 3 heterocycles. The number of carbonyl (C=O) groups is 4. The molecule has 4 rings (SSSR count). The van der Waals surface area contributed by atoms with Gasteiger partial charge in [0.25, 0.3) is 5.91 Å². The minimum Gasteiger partial charge on any atom is -0.334 e. The smallest absolute Gasteiger partial charge is 0.312 e. The molecule has 1 aromatic carbocycles. The Morgan fingerprint density at radius 3 is 2.58 bits per heavy atom. The average Bonchev–Trinajstić information content (AvgIpc) is 3.39. The summed E-state index contributed by atoms with van der Waals surface area (Å²) < 4.78 is 24.6. The lowest BCUT2D eigenvalue weighted by Gasteiger charge is -2.35. The van der Waals surface area contributed by atoms with Gasteiger partial charge in [-0.2, -0.15) is 0 Å². The summed E-state index contributed by atoms with van der Waals surface area (Å²) >= 11 is 0. The van der Waals surface area contributed by atoms with Crippen LogP contribution in [0.4, 0.5) is 5.69 Å². The molecule has 1 N–H and O–H groups in total. The maximum Gasteiger partial charge on any atom is 0.312 e. The number of piperidine rings is 1. The fourth-order valence-corrected chi connectivity index (χ4v) is 5.49. The number of anilines is 1. The molecular weight excluding hydrogens is 458 g/mol.